The van der Waals surface area contributed by atoms with Crippen LogP contribution in [0.4, 0.5) is 0 Å². The standard InChI is InChI=1S/C11H17N3OS/c12-11(13-15)9-3-5-14(6-4-9)8-10-2-1-7-16-10/h1-2,7,9,15H,3-6,8H2,(H2,12,13). The van der Waals surface area contributed by atoms with Gasteiger partial charge < -0.3 is 10.9 Å². The van der Waals surface area contributed by atoms with Gasteiger partial charge in [0, 0.05) is 17.3 Å². The quantitative estimate of drug-likeness (QED) is 0.365. The lowest BCUT2D eigenvalue weighted by atomic mass is 9.96. The van der Waals surface area contributed by atoms with Gasteiger partial charge in [-0.3, -0.25) is 4.90 Å². The van der Waals surface area contributed by atoms with E-state index in [4.69, 9.17) is 10.9 Å². The Morgan fingerprint density at radius 3 is 2.88 bits per heavy atom. The molecule has 1 aliphatic heterocycles. The number of likely N-dealkylation sites (tertiary alicyclic amines) is 1. The predicted octanol–water partition coefficient (Wildman–Crippen LogP) is 1.71. The minimum Gasteiger partial charge on any atom is -0.409 e. The molecular formula is C11H17N3OS. The molecule has 0 aromatic carbocycles. The molecule has 0 unspecified atom stereocenters. The Hall–Kier alpha value is -1.07. The fraction of sp³-hybridized carbons (Fsp3) is 0.545. The molecule has 1 saturated heterocycles. The number of amidine groups is 1. The predicted molar refractivity (Wildman–Crippen MR) is 65.7 cm³/mol. The van der Waals surface area contributed by atoms with Crippen molar-refractivity contribution in [3.63, 3.8) is 0 Å². The number of rotatable bonds is 3. The van der Waals surface area contributed by atoms with Crippen LogP contribution in [0.2, 0.25) is 0 Å². The van der Waals surface area contributed by atoms with Crippen molar-refractivity contribution >= 4 is 17.2 Å². The van der Waals surface area contributed by atoms with Gasteiger partial charge in [-0.25, -0.2) is 0 Å². The second-order valence-corrected chi connectivity index (χ2v) is 5.19. The molecule has 0 spiro atoms. The van der Waals surface area contributed by atoms with Gasteiger partial charge in [-0.2, -0.15) is 0 Å². The van der Waals surface area contributed by atoms with Crippen LogP contribution in [0.3, 0.4) is 0 Å². The van der Waals surface area contributed by atoms with E-state index in [1.165, 1.54) is 4.88 Å². The van der Waals surface area contributed by atoms with Gasteiger partial charge in [0.2, 0.25) is 0 Å². The van der Waals surface area contributed by atoms with E-state index in [1.54, 1.807) is 11.3 Å². The maximum absolute atomic E-state index is 8.61. The van der Waals surface area contributed by atoms with Crippen LogP contribution in [-0.2, 0) is 6.54 Å². The highest BCUT2D eigenvalue weighted by molar-refractivity contribution is 7.09. The molecule has 1 aromatic rings. The van der Waals surface area contributed by atoms with Gasteiger partial charge in [0.15, 0.2) is 0 Å². The van der Waals surface area contributed by atoms with E-state index in [-0.39, 0.29) is 5.92 Å². The largest absolute Gasteiger partial charge is 0.409 e. The van der Waals surface area contributed by atoms with Gasteiger partial charge in [-0.1, -0.05) is 11.2 Å². The average Bonchev–Trinajstić information content (AvgIpc) is 2.82. The van der Waals surface area contributed by atoms with Crippen LogP contribution in [0.25, 0.3) is 0 Å². The van der Waals surface area contributed by atoms with Crippen molar-refractivity contribution in [2.45, 2.75) is 19.4 Å². The summed E-state index contributed by atoms with van der Waals surface area (Å²) in [6, 6.07) is 4.25. The average molecular weight is 239 g/mol. The van der Waals surface area contributed by atoms with Crippen LogP contribution in [0.1, 0.15) is 17.7 Å². The first-order valence-electron chi connectivity index (χ1n) is 5.51. The first kappa shape index (κ1) is 11.4. The molecule has 2 heterocycles. The number of nitrogens with two attached hydrogens (primary N) is 1. The minimum atomic E-state index is 0.254. The first-order chi connectivity index (χ1) is 7.79. The summed E-state index contributed by atoms with van der Waals surface area (Å²) < 4.78 is 0. The molecule has 0 amide bonds. The van der Waals surface area contributed by atoms with Gasteiger partial charge in [0.05, 0.1) is 0 Å². The van der Waals surface area contributed by atoms with Crippen molar-refractivity contribution < 1.29 is 5.21 Å². The molecule has 5 heteroatoms. The summed E-state index contributed by atoms with van der Waals surface area (Å²) in [6.07, 6.45) is 1.97. The molecule has 0 radical (unpaired) electrons. The lowest BCUT2D eigenvalue weighted by Crippen LogP contribution is -2.38. The van der Waals surface area contributed by atoms with Gasteiger partial charge in [-0.15, -0.1) is 11.3 Å². The van der Waals surface area contributed by atoms with Crippen molar-refractivity contribution in [2.75, 3.05) is 13.1 Å². The molecule has 1 aliphatic rings. The molecule has 1 aromatic heterocycles. The molecule has 2 rings (SSSR count). The Morgan fingerprint density at radius 2 is 2.31 bits per heavy atom. The summed E-state index contributed by atoms with van der Waals surface area (Å²) >= 11 is 1.80. The highest BCUT2D eigenvalue weighted by atomic mass is 32.1. The van der Waals surface area contributed by atoms with Crippen molar-refractivity contribution in [3.8, 4) is 0 Å². The van der Waals surface area contributed by atoms with E-state index < -0.39 is 0 Å². The van der Waals surface area contributed by atoms with Gasteiger partial charge in [0.25, 0.3) is 0 Å². The summed E-state index contributed by atoms with van der Waals surface area (Å²) in [5.74, 6) is 0.639. The summed E-state index contributed by atoms with van der Waals surface area (Å²) in [5, 5.41) is 13.8. The van der Waals surface area contributed by atoms with Gasteiger partial charge in [-0.05, 0) is 37.4 Å². The first-order valence-corrected chi connectivity index (χ1v) is 6.39. The molecule has 4 nitrogen and oxygen atoms in total. The molecular weight excluding hydrogens is 222 g/mol. The SMILES string of the molecule is NC(=NO)C1CCN(Cc2cccs2)CC1. The fourth-order valence-electron chi connectivity index (χ4n) is 2.09. The second kappa shape index (κ2) is 5.32. The van der Waals surface area contributed by atoms with E-state index in [0.717, 1.165) is 32.5 Å². The van der Waals surface area contributed by atoms with Gasteiger partial charge in [0.1, 0.15) is 5.84 Å². The summed E-state index contributed by atoms with van der Waals surface area (Å²) in [7, 11) is 0. The van der Waals surface area contributed by atoms with E-state index in [0.29, 0.717) is 5.84 Å². The molecule has 3 N–H and O–H groups in total. The smallest absolute Gasteiger partial charge is 0.142 e. The Labute approximate surface area is 99.4 Å². The third-order valence-corrected chi connectivity index (χ3v) is 3.94. The third-order valence-electron chi connectivity index (χ3n) is 3.08. The maximum atomic E-state index is 8.61. The number of hydrogen-bond donors (Lipinski definition) is 2. The number of thiophene rings is 1. The molecule has 88 valence electrons. The highest BCUT2D eigenvalue weighted by Crippen LogP contribution is 2.20. The summed E-state index contributed by atoms with van der Waals surface area (Å²) in [4.78, 5) is 3.83. The maximum Gasteiger partial charge on any atom is 0.142 e. The Morgan fingerprint density at radius 1 is 1.56 bits per heavy atom. The highest BCUT2D eigenvalue weighted by Gasteiger charge is 2.22. The monoisotopic (exact) mass is 239 g/mol. The van der Waals surface area contributed by atoms with E-state index in [1.807, 2.05) is 0 Å². The lowest BCUT2D eigenvalue weighted by molar-refractivity contribution is 0.200. The summed E-state index contributed by atoms with van der Waals surface area (Å²) in [5.41, 5.74) is 5.61. The topological polar surface area (TPSA) is 61.9 Å². The third kappa shape index (κ3) is 2.74. The zero-order valence-corrected chi connectivity index (χ0v) is 9.99. The minimum absolute atomic E-state index is 0.254. The van der Waals surface area contributed by atoms with Crippen molar-refractivity contribution in [1.82, 2.24) is 4.90 Å². The number of piperidine rings is 1. The van der Waals surface area contributed by atoms with E-state index >= 15 is 0 Å². The van der Waals surface area contributed by atoms with E-state index in [2.05, 4.69) is 27.6 Å². The van der Waals surface area contributed by atoms with Crippen LogP contribution in [-0.4, -0.2) is 29.0 Å². The number of oxime groups is 1. The lowest BCUT2D eigenvalue weighted by Gasteiger charge is -2.30. The van der Waals surface area contributed by atoms with Crippen LogP contribution in [0, 0.1) is 5.92 Å². The number of nitrogens with zero attached hydrogens (tertiary/aromatic N) is 2. The Balaban J connectivity index is 1.81. The fourth-order valence-corrected chi connectivity index (χ4v) is 2.84. The molecule has 0 aliphatic carbocycles. The zero-order valence-electron chi connectivity index (χ0n) is 9.17. The summed E-state index contributed by atoms with van der Waals surface area (Å²) in [6.45, 7) is 3.08. The number of hydrogen-bond acceptors (Lipinski definition) is 4. The Kier molecular flexibility index (Phi) is 3.79. The van der Waals surface area contributed by atoms with Crippen molar-refractivity contribution in [3.05, 3.63) is 22.4 Å². The van der Waals surface area contributed by atoms with Crippen LogP contribution in [0.5, 0.6) is 0 Å². The second-order valence-electron chi connectivity index (χ2n) is 4.15. The molecule has 0 saturated carbocycles. The van der Waals surface area contributed by atoms with Crippen molar-refractivity contribution in [1.29, 1.82) is 0 Å². The molecule has 0 bridgehead atoms. The normalized spacial score (nSPS) is 20.1. The zero-order chi connectivity index (χ0) is 11.4. The van der Waals surface area contributed by atoms with E-state index in [9.17, 15) is 0 Å². The molecule has 16 heavy (non-hydrogen) atoms. The van der Waals surface area contributed by atoms with Crippen LogP contribution < -0.4 is 5.73 Å². The van der Waals surface area contributed by atoms with Gasteiger partial charge >= 0.3 is 0 Å². The Bertz CT molecular complexity index is 342. The van der Waals surface area contributed by atoms with Crippen LogP contribution >= 0.6 is 11.3 Å². The van der Waals surface area contributed by atoms with Crippen molar-refractivity contribution in [2.24, 2.45) is 16.8 Å². The molecule has 1 fully saturated rings. The van der Waals surface area contributed by atoms with Crippen LogP contribution in [0.15, 0.2) is 22.7 Å². The molecule has 0 atom stereocenters.